The molecule has 4 N–H and O–H groups in total. The molecule has 2 aromatic rings. The summed E-state index contributed by atoms with van der Waals surface area (Å²) in [6.45, 7) is 1.46. The number of piperidine rings is 1. The third-order valence-corrected chi connectivity index (χ3v) is 5.66. The predicted molar refractivity (Wildman–Crippen MR) is 114 cm³/mol. The molecular weight excluding hydrogens is 410 g/mol. The lowest BCUT2D eigenvalue weighted by molar-refractivity contribution is 0.260. The molecule has 1 aromatic heterocycles. The largest absolute Gasteiger partial charge is 0.482 e. The zero-order valence-corrected chi connectivity index (χ0v) is 17.4. The fourth-order valence-electron chi connectivity index (χ4n) is 3.12. The Kier molecular flexibility index (Phi) is 7.58. The molecule has 0 aliphatic carbocycles. The van der Waals surface area contributed by atoms with Gasteiger partial charge in [-0.3, -0.25) is 10.5 Å². The lowest BCUT2D eigenvalue weighted by Gasteiger charge is -2.31. The SMILES string of the molecule is CO/C(=C/C(=N)c1ncc(F)c(N2CCC(SN)CC2)n1)NCc1ccccc1F. The minimum Gasteiger partial charge on any atom is -0.482 e. The summed E-state index contributed by atoms with van der Waals surface area (Å²) in [5.41, 5.74) is 0.410. The number of anilines is 1. The van der Waals surface area contributed by atoms with Gasteiger partial charge in [-0.2, -0.15) is 0 Å². The van der Waals surface area contributed by atoms with E-state index in [-0.39, 0.29) is 35.6 Å². The molecule has 10 heteroatoms. The number of aromatic nitrogens is 2. The monoisotopic (exact) mass is 434 g/mol. The standard InChI is InChI=1S/C20H24F2N6OS/c1-29-18(25-11-13-4-2-3-5-15(13)21)10-17(23)19-26-12-16(22)20(27-19)28-8-6-14(30-24)7-9-28/h2-5,10,12,14,23,25H,6-9,11,24H2,1H3/b18-10+,23-17?. The number of methoxy groups -OCH3 is 1. The number of benzene rings is 1. The van der Waals surface area contributed by atoms with Crippen molar-refractivity contribution in [2.45, 2.75) is 24.6 Å². The molecule has 160 valence electrons. The lowest BCUT2D eigenvalue weighted by Crippen LogP contribution is -2.36. The highest BCUT2D eigenvalue weighted by Crippen LogP contribution is 2.24. The Hall–Kier alpha value is -2.72. The number of nitrogens with one attached hydrogen (secondary N) is 2. The van der Waals surface area contributed by atoms with Crippen molar-refractivity contribution >= 4 is 23.5 Å². The van der Waals surface area contributed by atoms with E-state index < -0.39 is 5.82 Å². The van der Waals surface area contributed by atoms with E-state index in [0.29, 0.717) is 23.9 Å². The molecule has 0 spiro atoms. The second-order valence-corrected chi connectivity index (χ2v) is 7.70. The van der Waals surface area contributed by atoms with Crippen molar-refractivity contribution in [3.05, 3.63) is 65.4 Å². The van der Waals surface area contributed by atoms with E-state index in [1.165, 1.54) is 31.2 Å². The molecule has 0 radical (unpaired) electrons. The molecule has 0 bridgehead atoms. The van der Waals surface area contributed by atoms with Gasteiger partial charge < -0.3 is 15.0 Å². The van der Waals surface area contributed by atoms with Crippen LogP contribution in [0.15, 0.2) is 42.4 Å². The maximum atomic E-state index is 14.3. The average Bonchev–Trinajstić information content (AvgIpc) is 2.77. The molecule has 0 saturated carbocycles. The summed E-state index contributed by atoms with van der Waals surface area (Å²) in [5.74, 6) is -0.364. The Morgan fingerprint density at radius 1 is 1.33 bits per heavy atom. The van der Waals surface area contributed by atoms with Gasteiger partial charge in [-0.15, -0.1) is 0 Å². The highest BCUT2D eigenvalue weighted by molar-refractivity contribution is 7.97. The minimum absolute atomic E-state index is 0.0541. The Morgan fingerprint density at radius 3 is 2.73 bits per heavy atom. The van der Waals surface area contributed by atoms with Gasteiger partial charge >= 0.3 is 0 Å². The number of rotatable bonds is 8. The Balaban J connectivity index is 1.71. The highest BCUT2D eigenvalue weighted by atomic mass is 32.2. The van der Waals surface area contributed by atoms with Crippen molar-refractivity contribution in [3.8, 4) is 0 Å². The highest BCUT2D eigenvalue weighted by Gasteiger charge is 2.23. The molecule has 7 nitrogen and oxygen atoms in total. The van der Waals surface area contributed by atoms with Crippen LogP contribution in [0.3, 0.4) is 0 Å². The summed E-state index contributed by atoms with van der Waals surface area (Å²) in [4.78, 5) is 10.0. The van der Waals surface area contributed by atoms with E-state index in [0.717, 1.165) is 19.0 Å². The van der Waals surface area contributed by atoms with Gasteiger partial charge in [0.15, 0.2) is 23.3 Å². The van der Waals surface area contributed by atoms with Crippen LogP contribution in [-0.2, 0) is 11.3 Å². The summed E-state index contributed by atoms with van der Waals surface area (Å²) in [6.07, 6.45) is 4.13. The van der Waals surface area contributed by atoms with Crippen LogP contribution < -0.4 is 15.4 Å². The maximum absolute atomic E-state index is 14.3. The first-order valence-electron chi connectivity index (χ1n) is 9.46. The fraction of sp³-hybridized carbons (Fsp3) is 0.350. The molecule has 0 atom stereocenters. The first-order chi connectivity index (χ1) is 14.5. The van der Waals surface area contributed by atoms with Crippen LogP contribution in [0, 0.1) is 17.0 Å². The van der Waals surface area contributed by atoms with Crippen LogP contribution in [0.1, 0.15) is 24.2 Å². The maximum Gasteiger partial charge on any atom is 0.188 e. The minimum atomic E-state index is -0.529. The second-order valence-electron chi connectivity index (χ2n) is 6.76. The van der Waals surface area contributed by atoms with Gasteiger partial charge in [-0.05, 0) is 18.9 Å². The normalized spacial score (nSPS) is 15.2. The Labute approximate surface area is 178 Å². The Morgan fingerprint density at radius 2 is 2.07 bits per heavy atom. The summed E-state index contributed by atoms with van der Waals surface area (Å²) in [5, 5.41) is 17.2. The summed E-state index contributed by atoms with van der Waals surface area (Å²) < 4.78 is 33.3. The van der Waals surface area contributed by atoms with Gasteiger partial charge in [0.25, 0.3) is 0 Å². The Bertz CT molecular complexity index is 918. The van der Waals surface area contributed by atoms with Crippen molar-refractivity contribution < 1.29 is 13.5 Å². The van der Waals surface area contributed by atoms with Crippen LogP contribution in [0.5, 0.6) is 0 Å². The summed E-state index contributed by atoms with van der Waals surface area (Å²) in [6, 6.07) is 6.38. The van der Waals surface area contributed by atoms with Gasteiger partial charge in [0.05, 0.1) is 13.3 Å². The van der Waals surface area contributed by atoms with Crippen molar-refractivity contribution in [1.29, 1.82) is 5.41 Å². The average molecular weight is 435 g/mol. The van der Waals surface area contributed by atoms with Crippen LogP contribution in [0.2, 0.25) is 0 Å². The lowest BCUT2D eigenvalue weighted by atomic mass is 10.1. The molecule has 30 heavy (non-hydrogen) atoms. The van der Waals surface area contributed by atoms with Gasteiger partial charge in [-0.25, -0.2) is 18.7 Å². The summed E-state index contributed by atoms with van der Waals surface area (Å²) in [7, 11) is 1.43. The number of halogens is 2. The number of allylic oxidation sites excluding steroid dienone is 1. The smallest absolute Gasteiger partial charge is 0.188 e. The van der Waals surface area contributed by atoms with Crippen LogP contribution in [0.25, 0.3) is 0 Å². The molecule has 1 saturated heterocycles. The zero-order chi connectivity index (χ0) is 21.5. The molecule has 3 rings (SSSR count). The molecule has 1 aliphatic rings. The molecular formula is C20H24F2N6OS. The molecule has 1 aliphatic heterocycles. The van der Waals surface area contributed by atoms with E-state index in [1.807, 2.05) is 4.90 Å². The van der Waals surface area contributed by atoms with Gasteiger partial charge in [0.2, 0.25) is 0 Å². The van der Waals surface area contributed by atoms with Gasteiger partial charge in [0.1, 0.15) is 11.5 Å². The third-order valence-electron chi connectivity index (χ3n) is 4.81. The van der Waals surface area contributed by atoms with Gasteiger partial charge in [0, 0.05) is 36.5 Å². The van der Waals surface area contributed by atoms with Gasteiger partial charge in [-0.1, -0.05) is 30.1 Å². The first kappa shape index (κ1) is 22.0. The number of hydrogen-bond acceptors (Lipinski definition) is 8. The number of nitrogens with two attached hydrogens (primary N) is 1. The number of ether oxygens (including phenoxy) is 1. The quantitative estimate of drug-likeness (QED) is 0.334. The zero-order valence-electron chi connectivity index (χ0n) is 16.6. The van der Waals surface area contributed by atoms with E-state index in [9.17, 15) is 8.78 Å². The molecule has 2 heterocycles. The van der Waals surface area contributed by atoms with Crippen LogP contribution in [-0.4, -0.2) is 41.1 Å². The number of nitrogens with zero attached hydrogens (tertiary/aromatic N) is 3. The molecule has 1 fully saturated rings. The molecule has 0 amide bonds. The molecule has 0 unspecified atom stereocenters. The van der Waals surface area contributed by atoms with Crippen molar-refractivity contribution in [2.75, 3.05) is 25.1 Å². The van der Waals surface area contributed by atoms with E-state index >= 15 is 0 Å². The van der Waals surface area contributed by atoms with E-state index in [1.54, 1.807) is 18.2 Å². The molecule has 1 aromatic carbocycles. The van der Waals surface area contributed by atoms with E-state index in [2.05, 4.69) is 15.3 Å². The first-order valence-corrected chi connectivity index (χ1v) is 10.4. The topological polar surface area (TPSA) is 100 Å². The van der Waals surface area contributed by atoms with Crippen molar-refractivity contribution in [1.82, 2.24) is 15.3 Å². The predicted octanol–water partition coefficient (Wildman–Crippen LogP) is 2.98. The number of hydrogen-bond donors (Lipinski definition) is 3. The summed E-state index contributed by atoms with van der Waals surface area (Å²) >= 11 is 1.33. The second kappa shape index (κ2) is 10.4. The van der Waals surface area contributed by atoms with Crippen LogP contribution >= 0.6 is 11.9 Å². The van der Waals surface area contributed by atoms with E-state index in [4.69, 9.17) is 15.3 Å². The van der Waals surface area contributed by atoms with Crippen molar-refractivity contribution in [2.24, 2.45) is 5.14 Å². The van der Waals surface area contributed by atoms with Crippen molar-refractivity contribution in [3.63, 3.8) is 0 Å². The third kappa shape index (κ3) is 5.45. The fourth-order valence-corrected chi connectivity index (χ4v) is 3.60. The van der Waals surface area contributed by atoms with Crippen LogP contribution in [0.4, 0.5) is 14.6 Å².